The van der Waals surface area contributed by atoms with E-state index in [2.05, 4.69) is 23.3 Å². The Kier molecular flexibility index (Phi) is 4.94. The van der Waals surface area contributed by atoms with Crippen LogP contribution in [0.5, 0.6) is 5.75 Å². The number of methoxy groups -OCH3 is 1. The smallest absolute Gasteiger partial charge is 0.143 e. The molecule has 3 nitrogen and oxygen atoms in total. The molecule has 0 bridgehead atoms. The van der Waals surface area contributed by atoms with Gasteiger partial charge in [0.1, 0.15) is 5.75 Å². The van der Waals surface area contributed by atoms with Crippen LogP contribution in [0.3, 0.4) is 0 Å². The molecular weight excluding hydrogens is 260 g/mol. The molecule has 0 radical (unpaired) electrons. The van der Waals surface area contributed by atoms with Gasteiger partial charge in [0.15, 0.2) is 0 Å². The van der Waals surface area contributed by atoms with Crippen LogP contribution in [-0.2, 0) is 0 Å². The summed E-state index contributed by atoms with van der Waals surface area (Å²) in [7, 11) is 3.87. The lowest BCUT2D eigenvalue weighted by molar-refractivity contribution is 0.217. The maximum Gasteiger partial charge on any atom is 0.143 e. The molecule has 1 unspecified atom stereocenters. The average molecular weight is 283 g/mol. The molecule has 1 fully saturated rings. The Morgan fingerprint density at radius 3 is 2.95 bits per heavy atom. The number of hydrogen-bond donors (Lipinski definition) is 1. The van der Waals surface area contributed by atoms with E-state index in [1.54, 1.807) is 7.11 Å². The number of piperidine rings is 1. The van der Waals surface area contributed by atoms with Gasteiger partial charge >= 0.3 is 0 Å². The molecular formula is C15H23ClN2O. The fourth-order valence-electron chi connectivity index (χ4n) is 2.66. The number of hydrogen-bond acceptors (Lipinski definition) is 3. The molecule has 1 aromatic carbocycles. The van der Waals surface area contributed by atoms with Gasteiger partial charge < -0.3 is 15.0 Å². The van der Waals surface area contributed by atoms with Gasteiger partial charge in [0.2, 0.25) is 0 Å². The number of ether oxygens (including phenoxy) is 1. The van der Waals surface area contributed by atoms with Crippen molar-refractivity contribution in [3.63, 3.8) is 0 Å². The first-order valence-electron chi connectivity index (χ1n) is 6.86. The highest BCUT2D eigenvalue weighted by atomic mass is 35.5. The maximum atomic E-state index is 6.12. The number of nitrogens with one attached hydrogen (secondary N) is 1. The first-order valence-corrected chi connectivity index (χ1v) is 7.24. The fourth-order valence-corrected chi connectivity index (χ4v) is 2.82. The Hall–Kier alpha value is -0.930. The highest BCUT2D eigenvalue weighted by Gasteiger charge is 2.17. The van der Waals surface area contributed by atoms with Crippen LogP contribution in [0.15, 0.2) is 12.1 Å². The number of nitrogens with zero attached hydrogens (tertiary/aromatic N) is 1. The van der Waals surface area contributed by atoms with Crippen molar-refractivity contribution in [1.29, 1.82) is 0 Å². The maximum absolute atomic E-state index is 6.12. The molecule has 1 saturated heterocycles. The zero-order chi connectivity index (χ0) is 13.8. The van der Waals surface area contributed by atoms with E-state index < -0.39 is 0 Å². The lowest BCUT2D eigenvalue weighted by atomic mass is 9.98. The van der Waals surface area contributed by atoms with E-state index in [9.17, 15) is 0 Å². The minimum atomic E-state index is 0.708. The quantitative estimate of drug-likeness (QED) is 0.916. The van der Waals surface area contributed by atoms with E-state index in [0.717, 1.165) is 28.6 Å². The van der Waals surface area contributed by atoms with Crippen LogP contribution in [0.1, 0.15) is 18.4 Å². The van der Waals surface area contributed by atoms with Crippen molar-refractivity contribution in [2.45, 2.75) is 19.8 Å². The summed E-state index contributed by atoms with van der Waals surface area (Å²) < 4.78 is 5.38. The molecule has 2 rings (SSSR count). The van der Waals surface area contributed by atoms with E-state index >= 15 is 0 Å². The summed E-state index contributed by atoms with van der Waals surface area (Å²) in [6.07, 6.45) is 2.59. The Balaban J connectivity index is 2.00. The van der Waals surface area contributed by atoms with Crippen LogP contribution in [0.2, 0.25) is 5.02 Å². The molecule has 106 valence electrons. The zero-order valence-electron chi connectivity index (χ0n) is 12.0. The molecule has 1 aliphatic heterocycles. The van der Waals surface area contributed by atoms with Crippen LogP contribution in [0, 0.1) is 12.8 Å². The highest BCUT2D eigenvalue weighted by molar-refractivity contribution is 6.31. The number of likely N-dealkylation sites (tertiary alicyclic amines) is 1. The summed E-state index contributed by atoms with van der Waals surface area (Å²) in [5.41, 5.74) is 2.11. The van der Waals surface area contributed by atoms with E-state index in [1.165, 1.54) is 25.9 Å². The molecule has 0 spiro atoms. The Morgan fingerprint density at radius 2 is 2.26 bits per heavy atom. The van der Waals surface area contributed by atoms with Gasteiger partial charge in [0.25, 0.3) is 0 Å². The van der Waals surface area contributed by atoms with Gasteiger partial charge in [-0.2, -0.15) is 0 Å². The van der Waals surface area contributed by atoms with Gasteiger partial charge in [-0.15, -0.1) is 0 Å². The van der Waals surface area contributed by atoms with Gasteiger partial charge in [-0.05, 0) is 50.9 Å². The van der Waals surface area contributed by atoms with Crippen LogP contribution < -0.4 is 10.1 Å². The molecule has 4 heteroatoms. The summed E-state index contributed by atoms with van der Waals surface area (Å²) in [6.45, 7) is 5.39. The van der Waals surface area contributed by atoms with Crippen molar-refractivity contribution in [1.82, 2.24) is 4.90 Å². The minimum Gasteiger partial charge on any atom is -0.495 e. The predicted octanol–water partition coefficient (Wildman–Crippen LogP) is 3.41. The number of benzene rings is 1. The zero-order valence-corrected chi connectivity index (χ0v) is 12.8. The third kappa shape index (κ3) is 3.77. The second-order valence-electron chi connectivity index (χ2n) is 5.45. The number of aryl methyl sites for hydroxylation is 1. The molecule has 1 atom stereocenters. The van der Waals surface area contributed by atoms with E-state index in [1.807, 2.05) is 13.0 Å². The van der Waals surface area contributed by atoms with Gasteiger partial charge in [-0.25, -0.2) is 0 Å². The number of anilines is 1. The van der Waals surface area contributed by atoms with Gasteiger partial charge in [0, 0.05) is 24.2 Å². The second kappa shape index (κ2) is 6.49. The lowest BCUT2D eigenvalue weighted by Crippen LogP contribution is -2.35. The summed E-state index contributed by atoms with van der Waals surface area (Å²) >= 11 is 6.12. The van der Waals surface area contributed by atoms with Crippen LogP contribution in [0.4, 0.5) is 5.69 Å². The lowest BCUT2D eigenvalue weighted by Gasteiger charge is -2.30. The van der Waals surface area contributed by atoms with Crippen molar-refractivity contribution in [3.8, 4) is 5.75 Å². The number of rotatable bonds is 4. The molecule has 0 amide bonds. The molecule has 0 aromatic heterocycles. The molecule has 1 heterocycles. The van der Waals surface area contributed by atoms with Crippen molar-refractivity contribution < 1.29 is 4.74 Å². The molecule has 1 aromatic rings. The van der Waals surface area contributed by atoms with Crippen molar-refractivity contribution >= 4 is 17.3 Å². The number of halogens is 1. The van der Waals surface area contributed by atoms with Gasteiger partial charge in [-0.1, -0.05) is 11.6 Å². The van der Waals surface area contributed by atoms with Gasteiger partial charge in [-0.3, -0.25) is 0 Å². The third-order valence-corrected chi connectivity index (χ3v) is 4.19. The average Bonchev–Trinajstić information content (AvgIpc) is 2.39. The molecule has 1 N–H and O–H groups in total. The van der Waals surface area contributed by atoms with Gasteiger partial charge in [0.05, 0.1) is 12.8 Å². The SMILES string of the molecule is COc1cc(Cl)c(C)cc1NCC1CCCN(C)C1. The standard InChI is InChI=1S/C15H23ClN2O/c1-11-7-14(15(19-3)8-13(11)16)17-9-12-5-4-6-18(2)10-12/h7-8,12,17H,4-6,9-10H2,1-3H3. The predicted molar refractivity (Wildman–Crippen MR) is 81.5 cm³/mol. The summed E-state index contributed by atoms with van der Waals surface area (Å²) in [4.78, 5) is 2.40. The normalized spacial score (nSPS) is 20.3. The van der Waals surface area contributed by atoms with Crippen molar-refractivity contribution in [2.75, 3.05) is 39.1 Å². The molecule has 0 saturated carbocycles. The third-order valence-electron chi connectivity index (χ3n) is 3.78. The first-order chi connectivity index (χ1) is 9.10. The van der Waals surface area contributed by atoms with E-state index in [4.69, 9.17) is 16.3 Å². The Morgan fingerprint density at radius 1 is 1.47 bits per heavy atom. The van der Waals surface area contributed by atoms with Crippen LogP contribution in [0.25, 0.3) is 0 Å². The molecule has 1 aliphatic rings. The molecule has 19 heavy (non-hydrogen) atoms. The summed E-state index contributed by atoms with van der Waals surface area (Å²) in [5, 5.41) is 4.26. The summed E-state index contributed by atoms with van der Waals surface area (Å²) in [5.74, 6) is 1.53. The van der Waals surface area contributed by atoms with Crippen molar-refractivity contribution in [2.24, 2.45) is 5.92 Å². The monoisotopic (exact) mass is 282 g/mol. The molecule has 0 aliphatic carbocycles. The fraction of sp³-hybridized carbons (Fsp3) is 0.600. The first kappa shape index (κ1) is 14.5. The van der Waals surface area contributed by atoms with Crippen LogP contribution >= 0.6 is 11.6 Å². The topological polar surface area (TPSA) is 24.5 Å². The van der Waals surface area contributed by atoms with E-state index in [0.29, 0.717) is 5.92 Å². The summed E-state index contributed by atoms with van der Waals surface area (Å²) in [6, 6.07) is 3.94. The Bertz CT molecular complexity index is 436. The minimum absolute atomic E-state index is 0.708. The Labute approximate surface area is 120 Å². The van der Waals surface area contributed by atoms with E-state index in [-0.39, 0.29) is 0 Å². The second-order valence-corrected chi connectivity index (χ2v) is 5.86. The van der Waals surface area contributed by atoms with Crippen LogP contribution in [-0.4, -0.2) is 38.7 Å². The highest BCUT2D eigenvalue weighted by Crippen LogP contribution is 2.31. The van der Waals surface area contributed by atoms with Crippen molar-refractivity contribution in [3.05, 3.63) is 22.7 Å². The largest absolute Gasteiger partial charge is 0.495 e.